The van der Waals surface area contributed by atoms with Crippen LogP contribution in [0.4, 0.5) is 0 Å². The van der Waals surface area contributed by atoms with E-state index in [1.165, 1.54) is 44.1 Å². The summed E-state index contributed by atoms with van der Waals surface area (Å²) in [6.45, 7) is 4.35. The lowest BCUT2D eigenvalue weighted by Gasteiger charge is -2.25. The minimum Gasteiger partial charge on any atom is -0.313 e. The standard InChI is InChI=1S/C18H26ClN/c1-2-12-20-14-17(16-6-4-3-5-7-16)13-15-8-10-18(19)11-9-15/h8-11,13,16,20H,2-7,12,14H2,1H3/b17-13-. The highest BCUT2D eigenvalue weighted by Crippen LogP contribution is 2.30. The predicted octanol–water partition coefficient (Wildman–Crippen LogP) is 5.30. The molecular weight excluding hydrogens is 266 g/mol. The molecule has 1 nitrogen and oxygen atoms in total. The summed E-state index contributed by atoms with van der Waals surface area (Å²) in [7, 11) is 0. The second-order valence-electron chi connectivity index (χ2n) is 5.78. The smallest absolute Gasteiger partial charge is 0.0406 e. The second kappa shape index (κ2) is 8.49. The lowest BCUT2D eigenvalue weighted by Crippen LogP contribution is -2.22. The highest BCUT2D eigenvalue weighted by Gasteiger charge is 2.17. The normalized spacial score (nSPS) is 17.4. The van der Waals surface area contributed by atoms with Gasteiger partial charge in [0.05, 0.1) is 0 Å². The number of halogens is 1. The van der Waals surface area contributed by atoms with Crippen LogP contribution in [0.1, 0.15) is 51.0 Å². The summed E-state index contributed by atoms with van der Waals surface area (Å²) < 4.78 is 0. The van der Waals surface area contributed by atoms with Gasteiger partial charge in [0, 0.05) is 11.6 Å². The molecule has 0 amide bonds. The van der Waals surface area contributed by atoms with Gasteiger partial charge in [0.15, 0.2) is 0 Å². The fourth-order valence-electron chi connectivity index (χ4n) is 2.97. The first-order valence-electron chi connectivity index (χ1n) is 7.96. The van der Waals surface area contributed by atoms with Gasteiger partial charge in [-0.3, -0.25) is 0 Å². The van der Waals surface area contributed by atoms with E-state index < -0.39 is 0 Å². The molecule has 0 heterocycles. The van der Waals surface area contributed by atoms with Crippen molar-refractivity contribution in [1.82, 2.24) is 5.32 Å². The van der Waals surface area contributed by atoms with Crippen LogP contribution in [-0.2, 0) is 0 Å². The Morgan fingerprint density at radius 2 is 1.90 bits per heavy atom. The van der Waals surface area contributed by atoms with Gasteiger partial charge in [-0.2, -0.15) is 0 Å². The maximum Gasteiger partial charge on any atom is 0.0406 e. The molecule has 0 atom stereocenters. The van der Waals surface area contributed by atoms with Crippen LogP contribution in [0.15, 0.2) is 29.8 Å². The molecule has 1 aromatic carbocycles. The van der Waals surface area contributed by atoms with Crippen LogP contribution in [0.5, 0.6) is 0 Å². The number of hydrogen-bond acceptors (Lipinski definition) is 1. The lowest BCUT2D eigenvalue weighted by molar-refractivity contribution is 0.396. The summed E-state index contributed by atoms with van der Waals surface area (Å²) >= 11 is 5.97. The molecule has 0 aromatic heterocycles. The maximum absolute atomic E-state index is 5.97. The van der Waals surface area contributed by atoms with Crippen molar-refractivity contribution in [3.63, 3.8) is 0 Å². The van der Waals surface area contributed by atoms with Crippen LogP contribution in [-0.4, -0.2) is 13.1 Å². The minimum atomic E-state index is 0.767. The molecular formula is C18H26ClN. The molecule has 2 rings (SSSR count). The number of benzene rings is 1. The Kier molecular flexibility index (Phi) is 6.62. The predicted molar refractivity (Wildman–Crippen MR) is 89.2 cm³/mol. The Bertz CT molecular complexity index is 416. The van der Waals surface area contributed by atoms with E-state index in [1.54, 1.807) is 5.57 Å². The van der Waals surface area contributed by atoms with Gasteiger partial charge < -0.3 is 5.32 Å². The van der Waals surface area contributed by atoms with E-state index in [4.69, 9.17) is 11.6 Å². The van der Waals surface area contributed by atoms with E-state index in [9.17, 15) is 0 Å². The molecule has 0 bridgehead atoms. The first-order chi connectivity index (χ1) is 9.79. The monoisotopic (exact) mass is 291 g/mol. The molecule has 1 aromatic rings. The molecule has 1 fully saturated rings. The molecule has 20 heavy (non-hydrogen) atoms. The van der Waals surface area contributed by atoms with E-state index in [0.29, 0.717) is 0 Å². The van der Waals surface area contributed by atoms with Gasteiger partial charge in [-0.15, -0.1) is 0 Å². The minimum absolute atomic E-state index is 0.767. The maximum atomic E-state index is 5.97. The second-order valence-corrected chi connectivity index (χ2v) is 6.22. The Hall–Kier alpha value is -0.790. The average molecular weight is 292 g/mol. The zero-order valence-corrected chi connectivity index (χ0v) is 13.3. The first kappa shape index (κ1) is 15.6. The van der Waals surface area contributed by atoms with Crippen molar-refractivity contribution in [3.05, 3.63) is 40.4 Å². The van der Waals surface area contributed by atoms with E-state index in [2.05, 4.69) is 30.4 Å². The summed E-state index contributed by atoms with van der Waals surface area (Å²) in [5.41, 5.74) is 2.84. The fraction of sp³-hybridized carbons (Fsp3) is 0.556. The Labute approximate surface area is 128 Å². The molecule has 0 aliphatic heterocycles. The number of hydrogen-bond donors (Lipinski definition) is 1. The molecule has 0 unspecified atom stereocenters. The van der Waals surface area contributed by atoms with E-state index in [-0.39, 0.29) is 0 Å². The van der Waals surface area contributed by atoms with Crippen molar-refractivity contribution in [2.75, 3.05) is 13.1 Å². The van der Waals surface area contributed by atoms with Crippen LogP contribution in [0.2, 0.25) is 5.02 Å². The van der Waals surface area contributed by atoms with Gasteiger partial charge in [0.2, 0.25) is 0 Å². The Morgan fingerprint density at radius 1 is 1.20 bits per heavy atom. The number of rotatable bonds is 6. The summed E-state index contributed by atoms with van der Waals surface area (Å²) in [6.07, 6.45) is 10.5. The van der Waals surface area contributed by atoms with Gasteiger partial charge >= 0.3 is 0 Å². The van der Waals surface area contributed by atoms with Crippen molar-refractivity contribution in [1.29, 1.82) is 0 Å². The summed E-state index contributed by atoms with van der Waals surface area (Å²) in [5.74, 6) is 0.767. The molecule has 110 valence electrons. The van der Waals surface area contributed by atoms with Gasteiger partial charge in [-0.1, -0.05) is 61.6 Å². The van der Waals surface area contributed by atoms with Crippen molar-refractivity contribution in [2.24, 2.45) is 5.92 Å². The fourth-order valence-corrected chi connectivity index (χ4v) is 3.10. The molecule has 1 aliphatic carbocycles. The third-order valence-corrected chi connectivity index (χ3v) is 4.36. The number of nitrogens with one attached hydrogen (secondary N) is 1. The molecule has 1 N–H and O–H groups in total. The SMILES string of the molecule is CCCNC/C(=C/c1ccc(Cl)cc1)C1CCCCC1. The molecule has 2 heteroatoms. The summed E-state index contributed by atoms with van der Waals surface area (Å²) in [6, 6.07) is 8.19. The summed E-state index contributed by atoms with van der Waals surface area (Å²) in [5, 5.41) is 4.38. The first-order valence-corrected chi connectivity index (χ1v) is 8.34. The Morgan fingerprint density at radius 3 is 2.55 bits per heavy atom. The van der Waals surface area contributed by atoms with Crippen LogP contribution in [0, 0.1) is 5.92 Å². The highest BCUT2D eigenvalue weighted by atomic mass is 35.5. The van der Waals surface area contributed by atoms with Gasteiger partial charge in [-0.25, -0.2) is 0 Å². The molecule has 1 aliphatic rings. The largest absolute Gasteiger partial charge is 0.313 e. The van der Waals surface area contributed by atoms with Crippen molar-refractivity contribution in [3.8, 4) is 0 Å². The van der Waals surface area contributed by atoms with Gasteiger partial charge in [0.25, 0.3) is 0 Å². The molecule has 1 saturated carbocycles. The van der Waals surface area contributed by atoms with Gasteiger partial charge in [0.1, 0.15) is 0 Å². The lowest BCUT2D eigenvalue weighted by atomic mass is 9.83. The average Bonchev–Trinajstić information content (AvgIpc) is 2.49. The molecule has 0 spiro atoms. The van der Waals surface area contributed by atoms with Crippen molar-refractivity contribution >= 4 is 17.7 Å². The zero-order chi connectivity index (χ0) is 14.2. The van der Waals surface area contributed by atoms with Crippen LogP contribution < -0.4 is 5.32 Å². The van der Waals surface area contributed by atoms with Crippen LogP contribution in [0.25, 0.3) is 6.08 Å². The third-order valence-electron chi connectivity index (χ3n) is 4.11. The van der Waals surface area contributed by atoms with Crippen molar-refractivity contribution in [2.45, 2.75) is 45.4 Å². The van der Waals surface area contributed by atoms with Crippen LogP contribution in [0.3, 0.4) is 0 Å². The quantitative estimate of drug-likeness (QED) is 0.701. The highest BCUT2D eigenvalue weighted by molar-refractivity contribution is 6.30. The molecule has 0 radical (unpaired) electrons. The molecule has 0 saturated heterocycles. The van der Waals surface area contributed by atoms with E-state index >= 15 is 0 Å². The van der Waals surface area contributed by atoms with Gasteiger partial charge in [-0.05, 0) is 49.4 Å². The topological polar surface area (TPSA) is 12.0 Å². The van der Waals surface area contributed by atoms with E-state index in [0.717, 1.165) is 24.0 Å². The van der Waals surface area contributed by atoms with Crippen molar-refractivity contribution < 1.29 is 0 Å². The van der Waals surface area contributed by atoms with E-state index in [1.807, 2.05) is 12.1 Å². The van der Waals surface area contributed by atoms with Crippen LogP contribution >= 0.6 is 11.6 Å². The summed E-state index contributed by atoms with van der Waals surface area (Å²) in [4.78, 5) is 0. The zero-order valence-electron chi connectivity index (χ0n) is 12.5. The third kappa shape index (κ3) is 4.96. The Balaban J connectivity index is 2.09.